The molecule has 8 heteroatoms. The van der Waals surface area contributed by atoms with Gasteiger partial charge in [-0.15, -0.1) is 0 Å². The first kappa shape index (κ1) is 15.5. The van der Waals surface area contributed by atoms with Crippen LogP contribution in [-0.4, -0.2) is 22.2 Å². The van der Waals surface area contributed by atoms with E-state index in [1.807, 2.05) is 0 Å². The van der Waals surface area contributed by atoms with E-state index in [0.717, 1.165) is 18.5 Å². The molecule has 1 aromatic carbocycles. The van der Waals surface area contributed by atoms with Crippen LogP contribution in [-0.2, 0) is 6.54 Å². The van der Waals surface area contributed by atoms with E-state index in [0.29, 0.717) is 11.3 Å². The van der Waals surface area contributed by atoms with Gasteiger partial charge in [0, 0.05) is 12.2 Å². The molecule has 0 saturated heterocycles. The third kappa shape index (κ3) is 3.81. The maximum atomic E-state index is 13.1. The fourth-order valence-corrected chi connectivity index (χ4v) is 1.72. The Morgan fingerprint density at radius 1 is 1.32 bits per heavy atom. The minimum absolute atomic E-state index is 0.0363. The number of carbonyl (C=O) groups is 1. The second kappa shape index (κ2) is 6.70. The second-order valence-electron chi connectivity index (χ2n) is 4.40. The van der Waals surface area contributed by atoms with E-state index in [-0.39, 0.29) is 18.2 Å². The number of benzene rings is 1. The summed E-state index contributed by atoms with van der Waals surface area (Å²) in [4.78, 5) is 23.7. The molecule has 0 bridgehead atoms. The number of nitrogens with two attached hydrogens (primary N) is 1. The van der Waals surface area contributed by atoms with Gasteiger partial charge in [-0.3, -0.25) is 4.79 Å². The van der Waals surface area contributed by atoms with E-state index in [2.05, 4.69) is 20.3 Å². The Hall–Kier alpha value is -2.90. The van der Waals surface area contributed by atoms with Crippen molar-refractivity contribution in [1.29, 1.82) is 0 Å². The largest absolute Gasteiger partial charge is 0.390 e. The lowest BCUT2D eigenvalue weighted by molar-refractivity contribution is 0.0945. The molecular formula is C14H13F2N5O. The van der Waals surface area contributed by atoms with Crippen molar-refractivity contribution in [2.45, 2.75) is 13.5 Å². The van der Waals surface area contributed by atoms with Crippen molar-refractivity contribution < 1.29 is 13.6 Å². The number of hydrogen-bond acceptors (Lipinski definition) is 4. The number of amides is 1. The fourth-order valence-electron chi connectivity index (χ4n) is 1.72. The van der Waals surface area contributed by atoms with Crippen LogP contribution in [0.3, 0.4) is 0 Å². The molecule has 0 aliphatic rings. The van der Waals surface area contributed by atoms with Gasteiger partial charge in [0.2, 0.25) is 0 Å². The summed E-state index contributed by atoms with van der Waals surface area (Å²) in [6, 6.07) is 4.88. The minimum Gasteiger partial charge on any atom is -0.390 e. The Kier molecular flexibility index (Phi) is 4.72. The number of hydrogen-bond donors (Lipinski definition) is 2. The van der Waals surface area contributed by atoms with Crippen LogP contribution in [0.15, 0.2) is 29.3 Å². The van der Waals surface area contributed by atoms with Crippen LogP contribution in [0.4, 0.5) is 14.7 Å². The van der Waals surface area contributed by atoms with E-state index >= 15 is 0 Å². The lowest BCUT2D eigenvalue weighted by atomic mass is 10.2. The van der Waals surface area contributed by atoms with Gasteiger partial charge >= 0.3 is 0 Å². The van der Waals surface area contributed by atoms with Crippen molar-refractivity contribution in [3.05, 3.63) is 52.9 Å². The number of halogens is 2. The summed E-state index contributed by atoms with van der Waals surface area (Å²) >= 11 is 0. The molecule has 0 unspecified atom stereocenters. The predicted octanol–water partition coefficient (Wildman–Crippen LogP) is 1.61. The topological polar surface area (TPSA) is 93.3 Å². The van der Waals surface area contributed by atoms with E-state index in [1.54, 1.807) is 6.92 Å². The Bertz CT molecular complexity index is 733. The van der Waals surface area contributed by atoms with E-state index in [1.165, 1.54) is 12.1 Å². The van der Waals surface area contributed by atoms with Gasteiger partial charge in [-0.05, 0) is 30.7 Å². The third-order valence-corrected chi connectivity index (χ3v) is 2.70. The van der Waals surface area contributed by atoms with Gasteiger partial charge in [-0.1, -0.05) is 6.07 Å². The number of rotatable bonds is 4. The second-order valence-corrected chi connectivity index (χ2v) is 4.40. The van der Waals surface area contributed by atoms with Crippen LogP contribution >= 0.6 is 0 Å². The summed E-state index contributed by atoms with van der Waals surface area (Å²) in [5.74, 6) is -2.32. The molecule has 2 rings (SSSR count). The Balaban J connectivity index is 2.10. The number of aliphatic imine (C=N–C) groups is 1. The van der Waals surface area contributed by atoms with E-state index in [4.69, 9.17) is 5.73 Å². The molecule has 0 aliphatic heterocycles. The predicted molar refractivity (Wildman–Crippen MR) is 76.6 cm³/mol. The van der Waals surface area contributed by atoms with Gasteiger partial charge in [-0.25, -0.2) is 23.7 Å². The molecule has 114 valence electrons. The number of aromatic nitrogens is 2. The van der Waals surface area contributed by atoms with Gasteiger partial charge in [0.15, 0.2) is 11.6 Å². The monoisotopic (exact) mass is 305 g/mol. The van der Waals surface area contributed by atoms with Gasteiger partial charge in [0.25, 0.3) is 11.9 Å². The Morgan fingerprint density at radius 3 is 2.77 bits per heavy atom. The summed E-state index contributed by atoms with van der Waals surface area (Å²) in [5.41, 5.74) is 6.25. The first-order valence-corrected chi connectivity index (χ1v) is 6.31. The number of aryl methyl sites for hydroxylation is 1. The highest BCUT2D eigenvalue weighted by Gasteiger charge is 2.10. The normalized spacial score (nSPS) is 10.9. The van der Waals surface area contributed by atoms with Crippen molar-refractivity contribution in [1.82, 2.24) is 15.3 Å². The molecule has 2 aromatic rings. The smallest absolute Gasteiger partial charge is 0.270 e. The van der Waals surface area contributed by atoms with Crippen molar-refractivity contribution in [3.63, 3.8) is 0 Å². The maximum absolute atomic E-state index is 13.1. The SMILES string of the molecule is Cc1cc(C(=O)NCc2ccc(F)c(F)c2)nc(/N=C\N)n1. The van der Waals surface area contributed by atoms with Gasteiger partial charge in [0.1, 0.15) is 5.69 Å². The molecule has 0 spiro atoms. The highest BCUT2D eigenvalue weighted by Crippen LogP contribution is 2.10. The highest BCUT2D eigenvalue weighted by atomic mass is 19.2. The maximum Gasteiger partial charge on any atom is 0.270 e. The minimum atomic E-state index is -0.968. The van der Waals surface area contributed by atoms with Crippen LogP contribution < -0.4 is 11.1 Å². The molecule has 1 amide bonds. The number of nitrogens with zero attached hydrogens (tertiary/aromatic N) is 3. The van der Waals surface area contributed by atoms with Crippen LogP contribution in [0.5, 0.6) is 0 Å². The first-order valence-electron chi connectivity index (χ1n) is 6.31. The quantitative estimate of drug-likeness (QED) is 0.663. The zero-order chi connectivity index (χ0) is 16.1. The standard InChI is InChI=1S/C14H13F2N5O/c1-8-4-12(21-14(20-8)19-7-17)13(22)18-6-9-2-3-10(15)11(16)5-9/h2-5,7H,6H2,1H3,(H,18,22)(H2,17,19,20,21). The summed E-state index contributed by atoms with van der Waals surface area (Å²) in [6.45, 7) is 1.72. The van der Waals surface area contributed by atoms with Crippen molar-refractivity contribution in [2.75, 3.05) is 0 Å². The molecule has 1 aromatic heterocycles. The van der Waals surface area contributed by atoms with Crippen molar-refractivity contribution in [3.8, 4) is 0 Å². The van der Waals surface area contributed by atoms with E-state index < -0.39 is 17.5 Å². The third-order valence-electron chi connectivity index (χ3n) is 2.70. The average Bonchev–Trinajstić information content (AvgIpc) is 2.48. The zero-order valence-electron chi connectivity index (χ0n) is 11.7. The fraction of sp³-hybridized carbons (Fsp3) is 0.143. The van der Waals surface area contributed by atoms with Crippen LogP contribution in [0.1, 0.15) is 21.7 Å². The summed E-state index contributed by atoms with van der Waals surface area (Å²) in [5, 5.41) is 2.56. The number of nitrogens with one attached hydrogen (secondary N) is 1. The lowest BCUT2D eigenvalue weighted by Gasteiger charge is -2.06. The molecular weight excluding hydrogens is 292 g/mol. The molecule has 0 atom stereocenters. The van der Waals surface area contributed by atoms with Crippen molar-refractivity contribution in [2.24, 2.45) is 10.7 Å². The number of carbonyl (C=O) groups excluding carboxylic acids is 1. The van der Waals surface area contributed by atoms with Gasteiger partial charge in [0.05, 0.1) is 6.34 Å². The lowest BCUT2D eigenvalue weighted by Crippen LogP contribution is -2.24. The molecule has 0 aliphatic carbocycles. The van der Waals surface area contributed by atoms with Gasteiger partial charge in [-0.2, -0.15) is 0 Å². The summed E-state index contributed by atoms with van der Waals surface area (Å²) in [6.07, 6.45) is 1.03. The van der Waals surface area contributed by atoms with Crippen molar-refractivity contribution >= 4 is 18.2 Å². The molecule has 0 fully saturated rings. The van der Waals surface area contributed by atoms with Crippen LogP contribution in [0, 0.1) is 18.6 Å². The highest BCUT2D eigenvalue weighted by molar-refractivity contribution is 5.92. The molecule has 22 heavy (non-hydrogen) atoms. The van der Waals surface area contributed by atoms with Crippen LogP contribution in [0.25, 0.3) is 0 Å². The van der Waals surface area contributed by atoms with Gasteiger partial charge < -0.3 is 11.1 Å². The molecule has 0 saturated carbocycles. The zero-order valence-corrected chi connectivity index (χ0v) is 11.7. The summed E-state index contributed by atoms with van der Waals surface area (Å²) in [7, 11) is 0. The summed E-state index contributed by atoms with van der Waals surface area (Å²) < 4.78 is 25.9. The Morgan fingerprint density at radius 2 is 2.09 bits per heavy atom. The molecule has 1 heterocycles. The van der Waals surface area contributed by atoms with E-state index in [9.17, 15) is 13.6 Å². The first-order chi connectivity index (χ1) is 10.5. The molecule has 6 nitrogen and oxygen atoms in total. The average molecular weight is 305 g/mol. The Labute approximate surface area is 125 Å². The molecule has 0 radical (unpaired) electrons. The molecule has 3 N–H and O–H groups in total. The van der Waals surface area contributed by atoms with Crippen LogP contribution in [0.2, 0.25) is 0 Å².